The number of nitrogens with zero attached hydrogens (tertiary/aromatic N) is 3. The molecular weight excluding hydrogens is 356 g/mol. The van der Waals surface area contributed by atoms with Crippen LogP contribution in [0.4, 0.5) is 5.69 Å². The number of pyridine rings is 2. The van der Waals surface area contributed by atoms with Gasteiger partial charge in [-0.3, -0.25) is 9.97 Å². The molecule has 2 heterocycles. The molecule has 1 aromatic carbocycles. The minimum absolute atomic E-state index is 0.649. The number of ether oxygens (including phenoxy) is 1. The first-order chi connectivity index (χ1) is 13.2. The van der Waals surface area contributed by atoms with Crippen LogP contribution in [0.1, 0.15) is 18.1 Å². The van der Waals surface area contributed by atoms with Crippen molar-refractivity contribution >= 4 is 23.0 Å². The number of nitrogens with one attached hydrogen (secondary N) is 1. The van der Waals surface area contributed by atoms with Gasteiger partial charge in [0.2, 0.25) is 0 Å². The standard InChI is InChI=1S/C21H22N4OS/c1-2-26-20-7-5-19(6-8-20)24-21(27)25(15-17-9-12-22-13-10-17)16-18-4-3-11-23-14-18/h3-14H,2,15-16H2,1H3,(H,24,27). The van der Waals surface area contributed by atoms with Crippen LogP contribution >= 0.6 is 12.2 Å². The number of aromatic nitrogens is 2. The third-order valence-electron chi connectivity index (χ3n) is 3.92. The van der Waals surface area contributed by atoms with Crippen molar-refractivity contribution in [1.82, 2.24) is 14.9 Å². The van der Waals surface area contributed by atoms with Crippen molar-refractivity contribution in [3.63, 3.8) is 0 Å². The Kier molecular flexibility index (Phi) is 6.71. The Labute approximate surface area is 165 Å². The number of anilines is 1. The molecule has 3 aromatic rings. The molecule has 0 aliphatic carbocycles. The highest BCUT2D eigenvalue weighted by Crippen LogP contribution is 2.17. The van der Waals surface area contributed by atoms with E-state index in [0.717, 1.165) is 22.6 Å². The number of benzene rings is 1. The van der Waals surface area contributed by atoms with Crippen LogP contribution in [0.25, 0.3) is 0 Å². The lowest BCUT2D eigenvalue weighted by atomic mass is 10.2. The number of rotatable bonds is 7. The normalized spacial score (nSPS) is 10.3. The molecule has 138 valence electrons. The average molecular weight is 379 g/mol. The zero-order valence-corrected chi connectivity index (χ0v) is 16.0. The summed E-state index contributed by atoms with van der Waals surface area (Å²) < 4.78 is 5.49. The summed E-state index contributed by atoms with van der Waals surface area (Å²) in [6.45, 7) is 3.96. The highest BCUT2D eigenvalue weighted by molar-refractivity contribution is 7.80. The molecule has 0 radical (unpaired) electrons. The number of thiocarbonyl (C=S) groups is 1. The van der Waals surface area contributed by atoms with E-state index in [1.165, 1.54) is 0 Å². The topological polar surface area (TPSA) is 50.3 Å². The summed E-state index contributed by atoms with van der Waals surface area (Å²) in [5.41, 5.74) is 3.17. The fourth-order valence-electron chi connectivity index (χ4n) is 2.62. The van der Waals surface area contributed by atoms with Gasteiger partial charge in [-0.05, 0) is 72.7 Å². The molecule has 3 rings (SSSR count). The molecule has 6 heteroatoms. The molecule has 0 bridgehead atoms. The first-order valence-electron chi connectivity index (χ1n) is 8.81. The van der Waals surface area contributed by atoms with Gasteiger partial charge in [0.25, 0.3) is 0 Å². The van der Waals surface area contributed by atoms with Crippen molar-refractivity contribution in [2.24, 2.45) is 0 Å². The lowest BCUT2D eigenvalue weighted by Gasteiger charge is -2.26. The van der Waals surface area contributed by atoms with E-state index in [1.54, 1.807) is 18.6 Å². The third kappa shape index (κ3) is 5.76. The second kappa shape index (κ2) is 9.64. The molecule has 0 saturated heterocycles. The molecule has 1 N–H and O–H groups in total. The van der Waals surface area contributed by atoms with E-state index in [9.17, 15) is 0 Å². The molecule has 0 aliphatic heterocycles. The summed E-state index contributed by atoms with van der Waals surface area (Å²) in [5.74, 6) is 0.845. The predicted octanol–water partition coefficient (Wildman–Crippen LogP) is 4.27. The Morgan fingerprint density at radius 2 is 1.70 bits per heavy atom. The van der Waals surface area contributed by atoms with Gasteiger partial charge >= 0.3 is 0 Å². The zero-order chi connectivity index (χ0) is 18.9. The van der Waals surface area contributed by atoms with Crippen molar-refractivity contribution in [3.8, 4) is 5.75 Å². The Balaban J connectivity index is 1.73. The molecule has 0 fully saturated rings. The fraction of sp³-hybridized carbons (Fsp3) is 0.190. The third-order valence-corrected chi connectivity index (χ3v) is 4.28. The van der Waals surface area contributed by atoms with Crippen molar-refractivity contribution in [3.05, 3.63) is 84.4 Å². The molecule has 0 aliphatic rings. The molecule has 0 unspecified atom stereocenters. The van der Waals surface area contributed by atoms with Gasteiger partial charge in [0.1, 0.15) is 5.75 Å². The van der Waals surface area contributed by atoms with E-state index in [0.29, 0.717) is 24.8 Å². The van der Waals surface area contributed by atoms with Crippen LogP contribution in [0.5, 0.6) is 5.75 Å². The summed E-state index contributed by atoms with van der Waals surface area (Å²) >= 11 is 5.69. The van der Waals surface area contributed by atoms with Crippen LogP contribution in [-0.4, -0.2) is 26.6 Å². The fourth-order valence-corrected chi connectivity index (χ4v) is 2.87. The van der Waals surface area contributed by atoms with Gasteiger partial charge in [0, 0.05) is 43.6 Å². The lowest BCUT2D eigenvalue weighted by molar-refractivity contribution is 0.340. The SMILES string of the molecule is CCOc1ccc(NC(=S)N(Cc2ccncc2)Cc2cccnc2)cc1. The summed E-state index contributed by atoms with van der Waals surface area (Å²) in [6, 6.07) is 15.8. The minimum Gasteiger partial charge on any atom is -0.494 e. The Bertz CT molecular complexity index is 800. The van der Waals surface area contributed by atoms with E-state index in [1.807, 2.05) is 61.7 Å². The van der Waals surface area contributed by atoms with Crippen LogP contribution in [0.2, 0.25) is 0 Å². The molecule has 0 spiro atoms. The average Bonchev–Trinajstić information content (AvgIpc) is 2.71. The molecule has 27 heavy (non-hydrogen) atoms. The number of hydrogen-bond donors (Lipinski definition) is 1. The Hall–Kier alpha value is -2.99. The van der Waals surface area contributed by atoms with Gasteiger partial charge < -0.3 is 15.0 Å². The van der Waals surface area contributed by atoms with Gasteiger partial charge in [0.15, 0.2) is 5.11 Å². The Morgan fingerprint density at radius 3 is 2.37 bits per heavy atom. The quantitative estimate of drug-likeness (QED) is 0.620. The minimum atomic E-state index is 0.649. The highest BCUT2D eigenvalue weighted by atomic mass is 32.1. The maximum Gasteiger partial charge on any atom is 0.174 e. The van der Waals surface area contributed by atoms with Gasteiger partial charge in [-0.15, -0.1) is 0 Å². The van der Waals surface area contributed by atoms with E-state index in [2.05, 4.69) is 20.2 Å². The lowest BCUT2D eigenvalue weighted by Crippen LogP contribution is -2.33. The van der Waals surface area contributed by atoms with E-state index >= 15 is 0 Å². The first kappa shape index (κ1) is 18.8. The maximum atomic E-state index is 5.69. The van der Waals surface area contributed by atoms with Crippen LogP contribution in [-0.2, 0) is 13.1 Å². The highest BCUT2D eigenvalue weighted by Gasteiger charge is 2.12. The molecule has 5 nitrogen and oxygen atoms in total. The first-order valence-corrected chi connectivity index (χ1v) is 9.22. The van der Waals surface area contributed by atoms with E-state index < -0.39 is 0 Å². The molecule has 0 amide bonds. The van der Waals surface area contributed by atoms with E-state index in [-0.39, 0.29) is 0 Å². The number of hydrogen-bond acceptors (Lipinski definition) is 4. The van der Waals surface area contributed by atoms with Gasteiger partial charge in [-0.1, -0.05) is 6.07 Å². The van der Waals surface area contributed by atoms with E-state index in [4.69, 9.17) is 17.0 Å². The predicted molar refractivity (Wildman–Crippen MR) is 112 cm³/mol. The van der Waals surface area contributed by atoms with Gasteiger partial charge in [0.05, 0.1) is 6.61 Å². The van der Waals surface area contributed by atoms with Crippen molar-refractivity contribution in [2.75, 3.05) is 11.9 Å². The van der Waals surface area contributed by atoms with Crippen LogP contribution in [0, 0.1) is 0 Å². The van der Waals surface area contributed by atoms with Crippen LogP contribution in [0.3, 0.4) is 0 Å². The second-order valence-electron chi connectivity index (χ2n) is 5.96. The molecule has 0 atom stereocenters. The zero-order valence-electron chi connectivity index (χ0n) is 15.2. The summed E-state index contributed by atoms with van der Waals surface area (Å²) in [6.07, 6.45) is 7.22. The van der Waals surface area contributed by atoms with Gasteiger partial charge in [-0.2, -0.15) is 0 Å². The summed E-state index contributed by atoms with van der Waals surface area (Å²) in [7, 11) is 0. The molecule has 0 saturated carbocycles. The van der Waals surface area contributed by atoms with Crippen molar-refractivity contribution in [2.45, 2.75) is 20.0 Å². The molecule has 2 aromatic heterocycles. The smallest absolute Gasteiger partial charge is 0.174 e. The monoisotopic (exact) mass is 378 g/mol. The van der Waals surface area contributed by atoms with Crippen molar-refractivity contribution in [1.29, 1.82) is 0 Å². The van der Waals surface area contributed by atoms with Crippen LogP contribution < -0.4 is 10.1 Å². The van der Waals surface area contributed by atoms with Crippen molar-refractivity contribution < 1.29 is 4.74 Å². The summed E-state index contributed by atoms with van der Waals surface area (Å²) in [4.78, 5) is 10.4. The Morgan fingerprint density at radius 1 is 0.963 bits per heavy atom. The van der Waals surface area contributed by atoms with Crippen LogP contribution in [0.15, 0.2) is 73.3 Å². The summed E-state index contributed by atoms with van der Waals surface area (Å²) in [5, 5.41) is 3.97. The van der Waals surface area contributed by atoms with Gasteiger partial charge in [-0.25, -0.2) is 0 Å². The second-order valence-corrected chi connectivity index (χ2v) is 6.35. The molecular formula is C21H22N4OS. The largest absolute Gasteiger partial charge is 0.494 e. The maximum absolute atomic E-state index is 5.69.